The molecule has 0 saturated carbocycles. The van der Waals surface area contributed by atoms with Gasteiger partial charge < -0.3 is 9.73 Å². The first-order chi connectivity index (χ1) is 8.60. The van der Waals surface area contributed by atoms with E-state index in [0.29, 0.717) is 17.3 Å². The number of aromatic nitrogens is 2. The van der Waals surface area contributed by atoms with Crippen LogP contribution in [0.15, 0.2) is 22.6 Å². The van der Waals surface area contributed by atoms with Crippen LogP contribution in [-0.4, -0.2) is 17.2 Å². The molecule has 2 aromatic rings. The molecule has 1 N–H and O–H groups in total. The predicted octanol–water partition coefficient (Wildman–Crippen LogP) is 2.22. The van der Waals surface area contributed by atoms with Crippen molar-refractivity contribution in [2.24, 2.45) is 0 Å². The summed E-state index contributed by atoms with van der Waals surface area (Å²) < 4.78 is 31.5. The van der Waals surface area contributed by atoms with Gasteiger partial charge in [-0.3, -0.25) is 0 Å². The second-order valence-electron chi connectivity index (χ2n) is 3.96. The van der Waals surface area contributed by atoms with Gasteiger partial charge in [-0.1, -0.05) is 6.07 Å². The fourth-order valence-corrected chi connectivity index (χ4v) is 1.46. The van der Waals surface area contributed by atoms with Gasteiger partial charge in [0.25, 0.3) is 0 Å². The van der Waals surface area contributed by atoms with E-state index >= 15 is 0 Å². The minimum atomic E-state index is -0.614. The molecule has 96 valence electrons. The van der Waals surface area contributed by atoms with Crippen LogP contribution in [0.2, 0.25) is 0 Å². The van der Waals surface area contributed by atoms with Crippen LogP contribution in [0.3, 0.4) is 0 Å². The van der Waals surface area contributed by atoms with Gasteiger partial charge in [-0.2, -0.15) is 0 Å². The Kier molecular flexibility index (Phi) is 3.66. The van der Waals surface area contributed by atoms with Crippen LogP contribution in [-0.2, 0) is 6.42 Å². The molecule has 0 amide bonds. The van der Waals surface area contributed by atoms with E-state index < -0.39 is 11.6 Å². The van der Waals surface area contributed by atoms with Crippen molar-refractivity contribution in [1.82, 2.24) is 15.5 Å². The smallest absolute Gasteiger partial charge is 0.233 e. The Morgan fingerprint density at radius 2 is 2.11 bits per heavy atom. The number of hydrogen-bond acceptors (Lipinski definition) is 4. The Morgan fingerprint density at radius 1 is 1.33 bits per heavy atom. The number of nitrogens with one attached hydrogen (secondary N) is 1. The van der Waals surface area contributed by atoms with Crippen LogP contribution in [0.1, 0.15) is 30.3 Å². The highest BCUT2D eigenvalue weighted by atomic mass is 19.1. The molecular formula is C12H13F2N3O. The molecule has 1 aromatic heterocycles. The van der Waals surface area contributed by atoms with Crippen LogP contribution < -0.4 is 5.32 Å². The molecule has 0 saturated heterocycles. The molecule has 0 radical (unpaired) electrons. The van der Waals surface area contributed by atoms with Crippen LogP contribution in [0.4, 0.5) is 8.78 Å². The highest BCUT2D eigenvalue weighted by molar-refractivity contribution is 5.21. The molecule has 0 spiro atoms. The highest BCUT2D eigenvalue weighted by Crippen LogP contribution is 2.16. The largest absolute Gasteiger partial charge is 0.423 e. The molecule has 0 bridgehead atoms. The van der Waals surface area contributed by atoms with Crippen LogP contribution in [0.25, 0.3) is 0 Å². The lowest BCUT2D eigenvalue weighted by atomic mass is 10.1. The van der Waals surface area contributed by atoms with E-state index in [4.69, 9.17) is 4.42 Å². The molecule has 1 atom stereocenters. The third-order valence-corrected chi connectivity index (χ3v) is 2.64. The molecule has 0 fully saturated rings. The molecule has 2 rings (SSSR count). The van der Waals surface area contributed by atoms with Gasteiger partial charge in [-0.25, -0.2) is 8.78 Å². The van der Waals surface area contributed by atoms with Gasteiger partial charge in [-0.15, -0.1) is 10.2 Å². The van der Waals surface area contributed by atoms with Gasteiger partial charge in [0.1, 0.15) is 11.6 Å². The molecule has 1 unspecified atom stereocenters. The Labute approximate surface area is 103 Å². The van der Waals surface area contributed by atoms with Crippen molar-refractivity contribution in [3.8, 4) is 0 Å². The lowest BCUT2D eigenvalue weighted by molar-refractivity contribution is 0.409. The number of hydrogen-bond donors (Lipinski definition) is 1. The third kappa shape index (κ3) is 2.70. The number of benzene rings is 1. The van der Waals surface area contributed by atoms with Gasteiger partial charge in [0, 0.05) is 6.07 Å². The second-order valence-corrected chi connectivity index (χ2v) is 3.96. The van der Waals surface area contributed by atoms with E-state index in [0.717, 1.165) is 6.07 Å². The highest BCUT2D eigenvalue weighted by Gasteiger charge is 2.13. The van der Waals surface area contributed by atoms with Gasteiger partial charge >= 0.3 is 0 Å². The minimum absolute atomic E-state index is 0.0654. The SMILES string of the molecule is CNC(C)c1nnc(Cc2ccc(F)cc2F)o1. The van der Waals surface area contributed by atoms with E-state index in [2.05, 4.69) is 15.5 Å². The van der Waals surface area contributed by atoms with E-state index in [1.807, 2.05) is 6.92 Å². The number of nitrogens with zero attached hydrogens (tertiary/aromatic N) is 2. The van der Waals surface area contributed by atoms with Gasteiger partial charge in [-0.05, 0) is 25.6 Å². The summed E-state index contributed by atoms with van der Waals surface area (Å²) >= 11 is 0. The standard InChI is InChI=1S/C12H13F2N3O/c1-7(15-2)12-17-16-11(18-12)5-8-3-4-9(13)6-10(8)14/h3-4,6-7,15H,5H2,1-2H3. The van der Waals surface area contributed by atoms with Crippen molar-refractivity contribution in [2.75, 3.05) is 7.05 Å². The first kappa shape index (κ1) is 12.6. The zero-order chi connectivity index (χ0) is 13.1. The number of halogens is 2. The minimum Gasteiger partial charge on any atom is -0.423 e. The lowest BCUT2D eigenvalue weighted by Gasteiger charge is -2.02. The molecule has 0 aliphatic carbocycles. The van der Waals surface area contributed by atoms with Crippen LogP contribution in [0, 0.1) is 11.6 Å². The summed E-state index contributed by atoms with van der Waals surface area (Å²) in [7, 11) is 1.77. The van der Waals surface area contributed by atoms with Crippen molar-refractivity contribution in [2.45, 2.75) is 19.4 Å². The topological polar surface area (TPSA) is 51.0 Å². The Hall–Kier alpha value is -1.82. The average Bonchev–Trinajstić information content (AvgIpc) is 2.80. The Morgan fingerprint density at radius 3 is 2.78 bits per heavy atom. The zero-order valence-electron chi connectivity index (χ0n) is 10.1. The van der Waals surface area contributed by atoms with Crippen molar-refractivity contribution in [1.29, 1.82) is 0 Å². The van der Waals surface area contributed by atoms with E-state index in [-0.39, 0.29) is 12.5 Å². The van der Waals surface area contributed by atoms with E-state index in [1.165, 1.54) is 12.1 Å². The molecule has 4 nitrogen and oxygen atoms in total. The van der Waals surface area contributed by atoms with Crippen LogP contribution >= 0.6 is 0 Å². The molecule has 18 heavy (non-hydrogen) atoms. The maximum absolute atomic E-state index is 13.4. The summed E-state index contributed by atoms with van der Waals surface area (Å²) in [5, 5.41) is 10.6. The normalized spacial score (nSPS) is 12.7. The summed E-state index contributed by atoms with van der Waals surface area (Å²) in [5.41, 5.74) is 0.323. The quantitative estimate of drug-likeness (QED) is 0.907. The summed E-state index contributed by atoms with van der Waals surface area (Å²) in [6.45, 7) is 1.87. The number of rotatable bonds is 4. The summed E-state index contributed by atoms with van der Waals surface area (Å²) in [6.07, 6.45) is 0.148. The Balaban J connectivity index is 2.16. The second kappa shape index (κ2) is 5.22. The van der Waals surface area contributed by atoms with Gasteiger partial charge in [0.2, 0.25) is 11.8 Å². The van der Waals surface area contributed by atoms with Crippen molar-refractivity contribution in [3.05, 3.63) is 47.2 Å². The van der Waals surface area contributed by atoms with Crippen molar-refractivity contribution >= 4 is 0 Å². The third-order valence-electron chi connectivity index (χ3n) is 2.64. The molecular weight excluding hydrogens is 240 g/mol. The summed E-state index contributed by atoms with van der Waals surface area (Å²) in [4.78, 5) is 0. The molecule has 0 aliphatic rings. The van der Waals surface area contributed by atoms with Crippen molar-refractivity contribution in [3.63, 3.8) is 0 Å². The lowest BCUT2D eigenvalue weighted by Crippen LogP contribution is -2.12. The molecule has 1 heterocycles. The molecule has 0 aliphatic heterocycles. The van der Waals surface area contributed by atoms with E-state index in [1.54, 1.807) is 7.05 Å². The first-order valence-electron chi connectivity index (χ1n) is 5.53. The Bertz CT molecular complexity index is 542. The summed E-state index contributed by atoms with van der Waals surface area (Å²) in [6, 6.07) is 3.34. The molecule has 1 aromatic carbocycles. The maximum Gasteiger partial charge on any atom is 0.233 e. The summed E-state index contributed by atoms with van der Waals surface area (Å²) in [5.74, 6) is -0.477. The first-order valence-corrected chi connectivity index (χ1v) is 5.53. The monoisotopic (exact) mass is 253 g/mol. The van der Waals surface area contributed by atoms with E-state index in [9.17, 15) is 8.78 Å². The van der Waals surface area contributed by atoms with Crippen molar-refractivity contribution < 1.29 is 13.2 Å². The van der Waals surface area contributed by atoms with Crippen LogP contribution in [0.5, 0.6) is 0 Å². The maximum atomic E-state index is 13.4. The average molecular weight is 253 g/mol. The fourth-order valence-electron chi connectivity index (χ4n) is 1.46. The van der Waals surface area contributed by atoms with Gasteiger partial charge in [0.05, 0.1) is 12.5 Å². The predicted molar refractivity (Wildman–Crippen MR) is 60.9 cm³/mol. The van der Waals surface area contributed by atoms with Gasteiger partial charge in [0.15, 0.2) is 0 Å². The molecule has 6 heteroatoms. The fraction of sp³-hybridized carbons (Fsp3) is 0.333. The zero-order valence-corrected chi connectivity index (χ0v) is 10.1.